The molecule has 1 aliphatic rings. The van der Waals surface area contributed by atoms with Crippen molar-refractivity contribution in [3.05, 3.63) is 6.54 Å². The van der Waals surface area contributed by atoms with Crippen LogP contribution in [0.15, 0.2) is 0 Å². The molecule has 1 radical (unpaired) electrons. The molecule has 2 heteroatoms. The topological polar surface area (TPSA) is 21.3 Å². The van der Waals surface area contributed by atoms with Crippen LogP contribution in [0.25, 0.3) is 0 Å². The lowest BCUT2D eigenvalue weighted by Crippen LogP contribution is -2.32. The van der Waals surface area contributed by atoms with Gasteiger partial charge in [-0.15, -0.1) is 0 Å². The molecular formula is C7H14NO. The van der Waals surface area contributed by atoms with Gasteiger partial charge in [0.25, 0.3) is 0 Å². The van der Waals surface area contributed by atoms with E-state index in [0.717, 1.165) is 26.1 Å². The summed E-state index contributed by atoms with van der Waals surface area (Å²) in [6.45, 7) is 5.88. The van der Waals surface area contributed by atoms with Crippen molar-refractivity contribution in [2.75, 3.05) is 13.2 Å². The molecular weight excluding hydrogens is 114 g/mol. The summed E-state index contributed by atoms with van der Waals surface area (Å²) in [5, 5.41) is 3.28. The SMILES string of the molecule is C[CH]NC1CCOCC1. The fraction of sp³-hybridized carbons (Fsp3) is 0.857. The highest BCUT2D eigenvalue weighted by molar-refractivity contribution is 4.72. The highest BCUT2D eigenvalue weighted by Gasteiger charge is 2.10. The third-order valence-corrected chi connectivity index (χ3v) is 1.62. The molecule has 0 aliphatic carbocycles. The molecule has 0 unspecified atom stereocenters. The van der Waals surface area contributed by atoms with Crippen LogP contribution in [0.5, 0.6) is 0 Å². The second kappa shape index (κ2) is 3.85. The van der Waals surface area contributed by atoms with Gasteiger partial charge in [0.15, 0.2) is 0 Å². The third kappa shape index (κ3) is 2.33. The average molecular weight is 128 g/mol. The normalized spacial score (nSPS) is 22.3. The minimum atomic E-state index is 0.670. The molecule has 1 heterocycles. The molecule has 0 aromatic heterocycles. The van der Waals surface area contributed by atoms with E-state index in [4.69, 9.17) is 4.74 Å². The molecule has 2 nitrogen and oxygen atoms in total. The second-order valence-electron chi connectivity index (χ2n) is 2.34. The Balaban J connectivity index is 2.08. The first-order chi connectivity index (χ1) is 4.43. The predicted molar refractivity (Wildman–Crippen MR) is 37.0 cm³/mol. The summed E-state index contributed by atoms with van der Waals surface area (Å²) in [4.78, 5) is 0. The molecule has 1 fully saturated rings. The standard InChI is InChI=1S/C7H14NO/c1-2-8-7-3-5-9-6-4-7/h2,7-8H,3-6H2,1H3. The van der Waals surface area contributed by atoms with Crippen molar-refractivity contribution < 1.29 is 4.74 Å². The van der Waals surface area contributed by atoms with Gasteiger partial charge in [0.05, 0.1) is 0 Å². The number of hydrogen-bond acceptors (Lipinski definition) is 2. The Labute approximate surface area is 56.6 Å². The Morgan fingerprint density at radius 2 is 2.11 bits per heavy atom. The Morgan fingerprint density at radius 1 is 1.44 bits per heavy atom. The van der Waals surface area contributed by atoms with Gasteiger partial charge in [-0.1, -0.05) is 0 Å². The van der Waals surface area contributed by atoms with Crippen LogP contribution in [0.1, 0.15) is 19.8 Å². The largest absolute Gasteiger partial charge is 0.381 e. The van der Waals surface area contributed by atoms with Gasteiger partial charge in [0.1, 0.15) is 0 Å². The van der Waals surface area contributed by atoms with E-state index in [1.54, 1.807) is 0 Å². The van der Waals surface area contributed by atoms with Crippen molar-refractivity contribution in [3.8, 4) is 0 Å². The van der Waals surface area contributed by atoms with Crippen LogP contribution in [0, 0.1) is 6.54 Å². The van der Waals surface area contributed by atoms with E-state index < -0.39 is 0 Å². The van der Waals surface area contributed by atoms with Crippen LogP contribution in [0.3, 0.4) is 0 Å². The second-order valence-corrected chi connectivity index (χ2v) is 2.34. The van der Waals surface area contributed by atoms with Crippen LogP contribution in [-0.2, 0) is 4.74 Å². The van der Waals surface area contributed by atoms with Crippen molar-refractivity contribution in [2.24, 2.45) is 0 Å². The van der Waals surface area contributed by atoms with Crippen molar-refractivity contribution in [1.82, 2.24) is 5.32 Å². The van der Waals surface area contributed by atoms with Gasteiger partial charge in [0.2, 0.25) is 0 Å². The van der Waals surface area contributed by atoms with E-state index in [2.05, 4.69) is 5.32 Å². The van der Waals surface area contributed by atoms with E-state index >= 15 is 0 Å². The highest BCUT2D eigenvalue weighted by Crippen LogP contribution is 2.05. The summed E-state index contributed by atoms with van der Waals surface area (Å²) in [7, 11) is 0. The molecule has 1 rings (SSSR count). The summed E-state index contributed by atoms with van der Waals surface area (Å²) in [5.41, 5.74) is 0. The van der Waals surface area contributed by atoms with Crippen LogP contribution in [0.2, 0.25) is 0 Å². The van der Waals surface area contributed by atoms with Gasteiger partial charge < -0.3 is 10.1 Å². The summed E-state index contributed by atoms with van der Waals surface area (Å²) >= 11 is 0. The third-order valence-electron chi connectivity index (χ3n) is 1.62. The molecule has 0 saturated carbocycles. The molecule has 0 atom stereocenters. The molecule has 1 aliphatic heterocycles. The highest BCUT2D eigenvalue weighted by atomic mass is 16.5. The van der Waals surface area contributed by atoms with E-state index in [1.807, 2.05) is 13.5 Å². The zero-order valence-electron chi connectivity index (χ0n) is 5.89. The maximum absolute atomic E-state index is 5.19. The minimum Gasteiger partial charge on any atom is -0.381 e. The van der Waals surface area contributed by atoms with Crippen LogP contribution >= 0.6 is 0 Å². The molecule has 0 aromatic rings. The molecule has 1 saturated heterocycles. The lowest BCUT2D eigenvalue weighted by Gasteiger charge is -2.21. The van der Waals surface area contributed by atoms with E-state index in [0.29, 0.717) is 6.04 Å². The van der Waals surface area contributed by atoms with Crippen molar-refractivity contribution >= 4 is 0 Å². The molecule has 53 valence electrons. The van der Waals surface area contributed by atoms with E-state index in [9.17, 15) is 0 Å². The number of ether oxygens (including phenoxy) is 1. The number of rotatable bonds is 2. The lowest BCUT2D eigenvalue weighted by atomic mass is 10.1. The van der Waals surface area contributed by atoms with Crippen LogP contribution in [0.4, 0.5) is 0 Å². The maximum Gasteiger partial charge on any atom is 0.0480 e. The van der Waals surface area contributed by atoms with E-state index in [-0.39, 0.29) is 0 Å². The smallest absolute Gasteiger partial charge is 0.0480 e. The Kier molecular flexibility index (Phi) is 3.01. The van der Waals surface area contributed by atoms with Gasteiger partial charge in [-0.05, 0) is 19.8 Å². The first-order valence-corrected chi connectivity index (χ1v) is 3.55. The zero-order valence-corrected chi connectivity index (χ0v) is 5.89. The number of nitrogens with one attached hydrogen (secondary N) is 1. The summed E-state index contributed by atoms with van der Waals surface area (Å²) in [6.07, 6.45) is 2.31. The first kappa shape index (κ1) is 7.03. The molecule has 9 heavy (non-hydrogen) atoms. The summed E-state index contributed by atoms with van der Waals surface area (Å²) in [6, 6.07) is 0.670. The minimum absolute atomic E-state index is 0.670. The fourth-order valence-electron chi connectivity index (χ4n) is 1.10. The summed E-state index contributed by atoms with van der Waals surface area (Å²) in [5.74, 6) is 0. The predicted octanol–water partition coefficient (Wildman–Crippen LogP) is 0.937. The zero-order chi connectivity index (χ0) is 6.53. The van der Waals surface area contributed by atoms with Gasteiger partial charge in [0, 0.05) is 25.8 Å². The Hall–Kier alpha value is -0.0800. The maximum atomic E-state index is 5.19. The van der Waals surface area contributed by atoms with E-state index in [1.165, 1.54) is 0 Å². The van der Waals surface area contributed by atoms with Crippen molar-refractivity contribution in [2.45, 2.75) is 25.8 Å². The lowest BCUT2D eigenvalue weighted by molar-refractivity contribution is 0.0801. The quantitative estimate of drug-likeness (QED) is 0.597. The Bertz CT molecular complexity index is 66.6. The van der Waals surface area contributed by atoms with Gasteiger partial charge in [-0.25, -0.2) is 0 Å². The Morgan fingerprint density at radius 3 is 2.67 bits per heavy atom. The van der Waals surface area contributed by atoms with Gasteiger partial charge in [-0.3, -0.25) is 0 Å². The summed E-state index contributed by atoms with van der Waals surface area (Å²) < 4.78 is 5.19. The molecule has 1 N–H and O–H groups in total. The average Bonchev–Trinajstić information content (AvgIpc) is 1.91. The van der Waals surface area contributed by atoms with Crippen molar-refractivity contribution in [1.29, 1.82) is 0 Å². The molecule has 0 bridgehead atoms. The van der Waals surface area contributed by atoms with Gasteiger partial charge >= 0.3 is 0 Å². The van der Waals surface area contributed by atoms with Crippen LogP contribution in [-0.4, -0.2) is 19.3 Å². The van der Waals surface area contributed by atoms with Crippen LogP contribution < -0.4 is 5.32 Å². The molecule has 0 spiro atoms. The molecule has 0 aromatic carbocycles. The fourth-order valence-corrected chi connectivity index (χ4v) is 1.10. The monoisotopic (exact) mass is 128 g/mol. The van der Waals surface area contributed by atoms with Gasteiger partial charge in [-0.2, -0.15) is 0 Å². The molecule has 0 amide bonds. The van der Waals surface area contributed by atoms with Crippen molar-refractivity contribution in [3.63, 3.8) is 0 Å². The first-order valence-electron chi connectivity index (χ1n) is 3.55. The number of hydrogen-bond donors (Lipinski definition) is 1.